The zero-order valence-electron chi connectivity index (χ0n) is 21.5. The highest BCUT2D eigenvalue weighted by atomic mass is 16.5. The summed E-state index contributed by atoms with van der Waals surface area (Å²) in [7, 11) is 0. The van der Waals surface area contributed by atoms with Gasteiger partial charge in [-0.25, -0.2) is 24.6 Å². The summed E-state index contributed by atoms with van der Waals surface area (Å²) in [5.74, 6) is 0.195. The lowest BCUT2D eigenvalue weighted by atomic mass is 10.2. The molecule has 0 fully saturated rings. The van der Waals surface area contributed by atoms with Crippen molar-refractivity contribution in [2.75, 3.05) is 10.7 Å². The third-order valence-electron chi connectivity index (χ3n) is 5.21. The van der Waals surface area contributed by atoms with Crippen LogP contribution < -0.4 is 26.5 Å². The average Bonchev–Trinajstić information content (AvgIpc) is 2.87. The highest BCUT2D eigenvalue weighted by Gasteiger charge is 2.15. The number of aromatic nitrogens is 2. The van der Waals surface area contributed by atoms with E-state index in [1.54, 1.807) is 80.6 Å². The van der Waals surface area contributed by atoms with Crippen LogP contribution in [0.5, 0.6) is 5.75 Å². The van der Waals surface area contributed by atoms with Gasteiger partial charge in [-0.3, -0.25) is 10.2 Å². The van der Waals surface area contributed by atoms with Gasteiger partial charge in [0.05, 0.1) is 34.4 Å². The largest absolute Gasteiger partial charge is 0.491 e. The number of nitrogens with zero attached hydrogens (tertiary/aromatic N) is 2. The van der Waals surface area contributed by atoms with Gasteiger partial charge in [0.15, 0.2) is 0 Å². The number of hydrogen-bond donors (Lipinski definition) is 3. The molecule has 0 aliphatic carbocycles. The van der Waals surface area contributed by atoms with Gasteiger partial charge < -0.3 is 14.8 Å². The number of fused-ring (bicyclic) bond motifs is 1. The summed E-state index contributed by atoms with van der Waals surface area (Å²) in [6.07, 6.45) is -0.318. The van der Waals surface area contributed by atoms with E-state index in [0.717, 1.165) is 0 Å². The van der Waals surface area contributed by atoms with Gasteiger partial charge in [0.1, 0.15) is 5.75 Å². The maximum absolute atomic E-state index is 13.5. The number of carbonyl (C=O) groups excluding carboxylic acids is 2. The Kier molecular flexibility index (Phi) is 7.91. The number of ether oxygens (including phenoxy) is 2. The number of amides is 2. The molecule has 0 saturated carbocycles. The first kappa shape index (κ1) is 26.2. The molecule has 0 unspecified atom stereocenters. The number of nitrogens with one attached hydrogen (secondary N) is 3. The molecular weight excluding hydrogens is 486 g/mol. The summed E-state index contributed by atoms with van der Waals surface area (Å²) < 4.78 is 12.3. The first-order chi connectivity index (χ1) is 18.2. The number of anilines is 2. The first-order valence-corrected chi connectivity index (χ1v) is 12.1. The minimum Gasteiger partial charge on any atom is -0.491 e. The molecule has 3 aromatic carbocycles. The molecular formula is C28H29N5O5. The van der Waals surface area contributed by atoms with Crippen LogP contribution in [0.25, 0.3) is 16.6 Å². The summed E-state index contributed by atoms with van der Waals surface area (Å²) >= 11 is 0. The number of hydrazine groups is 1. The molecule has 1 aromatic heterocycles. The van der Waals surface area contributed by atoms with Gasteiger partial charge in [0, 0.05) is 11.8 Å². The molecule has 196 valence electrons. The van der Waals surface area contributed by atoms with E-state index in [-0.39, 0.29) is 23.7 Å². The lowest BCUT2D eigenvalue weighted by Crippen LogP contribution is -2.36. The molecule has 0 aliphatic heterocycles. The minimum atomic E-state index is -0.634. The van der Waals surface area contributed by atoms with E-state index >= 15 is 0 Å². The van der Waals surface area contributed by atoms with E-state index < -0.39 is 12.0 Å². The van der Waals surface area contributed by atoms with Gasteiger partial charge in [0.2, 0.25) is 5.95 Å². The second-order valence-electron chi connectivity index (χ2n) is 9.00. The summed E-state index contributed by atoms with van der Waals surface area (Å²) in [4.78, 5) is 42.9. The van der Waals surface area contributed by atoms with Crippen molar-refractivity contribution in [2.45, 2.75) is 39.9 Å². The van der Waals surface area contributed by atoms with E-state index in [9.17, 15) is 14.4 Å². The van der Waals surface area contributed by atoms with Crippen molar-refractivity contribution in [3.8, 4) is 11.4 Å². The van der Waals surface area contributed by atoms with E-state index in [2.05, 4.69) is 21.2 Å². The number of para-hydroxylation sites is 1. The van der Waals surface area contributed by atoms with E-state index in [0.29, 0.717) is 33.6 Å². The first-order valence-electron chi connectivity index (χ1n) is 12.1. The fraction of sp³-hybridized carbons (Fsp3) is 0.214. The topological polar surface area (TPSA) is 124 Å². The maximum atomic E-state index is 13.5. The Hall–Kier alpha value is -4.86. The van der Waals surface area contributed by atoms with Gasteiger partial charge in [-0.1, -0.05) is 24.3 Å². The molecule has 1 heterocycles. The van der Waals surface area contributed by atoms with Crippen molar-refractivity contribution in [3.63, 3.8) is 0 Å². The van der Waals surface area contributed by atoms with Crippen LogP contribution in [0.15, 0.2) is 77.6 Å². The van der Waals surface area contributed by atoms with E-state index in [1.165, 1.54) is 10.6 Å². The molecule has 0 aliphatic rings. The molecule has 0 radical (unpaired) electrons. The monoisotopic (exact) mass is 515 g/mol. The predicted molar refractivity (Wildman–Crippen MR) is 146 cm³/mol. The zero-order chi connectivity index (χ0) is 27.2. The number of hydrogen-bond acceptors (Lipinski definition) is 7. The number of benzene rings is 3. The van der Waals surface area contributed by atoms with Crippen molar-refractivity contribution in [3.05, 3.63) is 88.7 Å². The van der Waals surface area contributed by atoms with E-state index in [1.807, 2.05) is 13.8 Å². The Labute approximate surface area is 219 Å². The molecule has 0 saturated heterocycles. The Morgan fingerprint density at radius 3 is 2.42 bits per heavy atom. The quantitative estimate of drug-likeness (QED) is 0.226. The molecule has 4 aromatic rings. The van der Waals surface area contributed by atoms with Crippen LogP contribution in [0.4, 0.5) is 16.4 Å². The SMILES string of the molecule is CC(C)OC(=O)c1cccc(NC(=O)NNc2nc3ccccc3c(=O)n2-c2cccc(OC(C)C)c2)c1. The maximum Gasteiger partial charge on any atom is 0.338 e. The Morgan fingerprint density at radius 2 is 1.66 bits per heavy atom. The molecule has 0 atom stereocenters. The van der Waals surface area contributed by atoms with Crippen LogP contribution in [0.3, 0.4) is 0 Å². The normalized spacial score (nSPS) is 10.9. The lowest BCUT2D eigenvalue weighted by molar-refractivity contribution is 0.0378. The van der Waals surface area contributed by atoms with Gasteiger partial charge in [-0.2, -0.15) is 0 Å². The van der Waals surface area contributed by atoms with Crippen LogP contribution in [0.2, 0.25) is 0 Å². The van der Waals surface area contributed by atoms with Gasteiger partial charge >= 0.3 is 12.0 Å². The second-order valence-corrected chi connectivity index (χ2v) is 9.00. The van der Waals surface area contributed by atoms with Gasteiger partial charge in [0.25, 0.3) is 5.56 Å². The van der Waals surface area contributed by atoms with Crippen LogP contribution >= 0.6 is 0 Å². The summed E-state index contributed by atoms with van der Waals surface area (Å²) in [5.41, 5.74) is 6.59. The van der Waals surface area contributed by atoms with E-state index in [4.69, 9.17) is 9.47 Å². The van der Waals surface area contributed by atoms with Crippen LogP contribution in [0, 0.1) is 0 Å². The summed E-state index contributed by atoms with van der Waals surface area (Å²) in [6.45, 7) is 7.34. The van der Waals surface area contributed by atoms with Crippen LogP contribution in [-0.4, -0.2) is 33.8 Å². The Bertz CT molecular complexity index is 1530. The smallest absolute Gasteiger partial charge is 0.338 e. The molecule has 0 bridgehead atoms. The second kappa shape index (κ2) is 11.5. The van der Waals surface area contributed by atoms with Crippen molar-refractivity contribution in [1.82, 2.24) is 15.0 Å². The molecule has 3 N–H and O–H groups in total. The Morgan fingerprint density at radius 1 is 0.895 bits per heavy atom. The number of rotatable bonds is 8. The fourth-order valence-corrected chi connectivity index (χ4v) is 3.71. The molecule has 10 heteroatoms. The van der Waals surface area contributed by atoms with Gasteiger partial charge in [-0.05, 0) is 70.2 Å². The van der Waals surface area contributed by atoms with Crippen LogP contribution in [0.1, 0.15) is 38.1 Å². The zero-order valence-corrected chi connectivity index (χ0v) is 21.5. The fourth-order valence-electron chi connectivity index (χ4n) is 3.71. The van der Waals surface area contributed by atoms with Crippen molar-refractivity contribution in [2.24, 2.45) is 0 Å². The van der Waals surface area contributed by atoms with Crippen molar-refractivity contribution in [1.29, 1.82) is 0 Å². The number of urea groups is 1. The predicted octanol–water partition coefficient (Wildman–Crippen LogP) is 4.89. The highest BCUT2D eigenvalue weighted by Crippen LogP contribution is 2.21. The minimum absolute atomic E-state index is 0.0506. The number of esters is 1. The lowest BCUT2D eigenvalue weighted by Gasteiger charge is -2.17. The molecule has 38 heavy (non-hydrogen) atoms. The molecule has 10 nitrogen and oxygen atoms in total. The Balaban J connectivity index is 1.60. The van der Waals surface area contributed by atoms with Crippen LogP contribution in [-0.2, 0) is 4.74 Å². The van der Waals surface area contributed by atoms with Crippen molar-refractivity contribution >= 4 is 34.5 Å². The molecule has 0 spiro atoms. The molecule has 2 amide bonds. The average molecular weight is 516 g/mol. The summed E-state index contributed by atoms with van der Waals surface area (Å²) in [5, 5.41) is 3.07. The van der Waals surface area contributed by atoms with Crippen molar-refractivity contribution < 1.29 is 19.1 Å². The third-order valence-corrected chi connectivity index (χ3v) is 5.21. The highest BCUT2D eigenvalue weighted by molar-refractivity contribution is 5.94. The summed E-state index contributed by atoms with van der Waals surface area (Å²) in [6, 6.07) is 19.7. The number of carbonyl (C=O) groups is 2. The molecule has 4 rings (SSSR count). The third kappa shape index (κ3) is 6.28. The van der Waals surface area contributed by atoms with Gasteiger partial charge in [-0.15, -0.1) is 0 Å². The standard InChI is InChI=1S/C28H29N5O5/c1-17(2)37-22-12-8-11-21(16-22)33-25(34)23-13-5-6-14-24(23)30-27(33)31-32-28(36)29-20-10-7-9-19(15-20)26(35)38-18(3)4/h5-18H,1-4H3,(H,30,31)(H2,29,32,36).